The summed E-state index contributed by atoms with van der Waals surface area (Å²) in [5.41, 5.74) is 6.15. The van der Waals surface area contributed by atoms with Crippen LogP contribution in [0.5, 0.6) is 0 Å². The molecule has 86 valence electrons. The number of para-hydroxylation sites is 1. The van der Waals surface area contributed by atoms with Gasteiger partial charge in [0.15, 0.2) is 0 Å². The molecular formula is C12H10FN3O. The molecular weight excluding hydrogens is 221 g/mol. The van der Waals surface area contributed by atoms with Crippen LogP contribution in [-0.2, 0) is 0 Å². The van der Waals surface area contributed by atoms with Crippen LogP contribution >= 0.6 is 0 Å². The Morgan fingerprint density at radius 3 is 2.59 bits per heavy atom. The van der Waals surface area contributed by atoms with Crippen LogP contribution in [0.1, 0.15) is 10.4 Å². The van der Waals surface area contributed by atoms with Crippen molar-refractivity contribution >= 4 is 17.3 Å². The first-order chi connectivity index (χ1) is 8.18. The molecule has 3 N–H and O–H groups in total. The molecule has 17 heavy (non-hydrogen) atoms. The van der Waals surface area contributed by atoms with Gasteiger partial charge in [0.05, 0.1) is 5.69 Å². The van der Waals surface area contributed by atoms with E-state index in [0.29, 0.717) is 5.56 Å². The molecule has 0 fully saturated rings. The molecule has 2 rings (SSSR count). The normalized spacial score (nSPS) is 9.94. The van der Waals surface area contributed by atoms with Crippen molar-refractivity contribution in [3.8, 4) is 0 Å². The molecule has 0 saturated heterocycles. The van der Waals surface area contributed by atoms with Crippen molar-refractivity contribution < 1.29 is 9.18 Å². The Hall–Kier alpha value is -2.43. The Kier molecular flexibility index (Phi) is 3.00. The van der Waals surface area contributed by atoms with Gasteiger partial charge >= 0.3 is 0 Å². The molecule has 0 radical (unpaired) electrons. The maximum absolute atomic E-state index is 13.4. The minimum Gasteiger partial charge on any atom is -0.397 e. The number of halogens is 1. The monoisotopic (exact) mass is 231 g/mol. The number of carbonyl (C=O) groups is 1. The molecule has 0 atom stereocenters. The highest BCUT2D eigenvalue weighted by molar-refractivity contribution is 6.05. The van der Waals surface area contributed by atoms with Crippen LogP contribution in [-0.4, -0.2) is 10.9 Å². The van der Waals surface area contributed by atoms with E-state index < -0.39 is 11.7 Å². The summed E-state index contributed by atoms with van der Waals surface area (Å²) in [6.45, 7) is 0. The van der Waals surface area contributed by atoms with Gasteiger partial charge in [-0.15, -0.1) is 0 Å². The zero-order valence-corrected chi connectivity index (χ0v) is 8.85. The average molecular weight is 231 g/mol. The Morgan fingerprint density at radius 2 is 1.94 bits per heavy atom. The molecule has 0 spiro atoms. The van der Waals surface area contributed by atoms with Crippen LogP contribution in [0.3, 0.4) is 0 Å². The summed E-state index contributed by atoms with van der Waals surface area (Å²) in [7, 11) is 0. The standard InChI is InChI=1S/C12H10FN3O/c13-9-2-1-3-10(14)11(9)16-12(17)8-4-6-15-7-5-8/h1-7H,14H2,(H,16,17). The third kappa shape index (κ3) is 2.39. The molecule has 0 saturated carbocycles. The SMILES string of the molecule is Nc1cccc(F)c1NC(=O)c1ccncc1. The second-order valence-electron chi connectivity index (χ2n) is 3.39. The van der Waals surface area contributed by atoms with Crippen LogP contribution in [0.25, 0.3) is 0 Å². The van der Waals surface area contributed by atoms with Crippen molar-refractivity contribution in [1.29, 1.82) is 0 Å². The minimum absolute atomic E-state index is 0.00527. The number of nitrogens with two attached hydrogens (primary N) is 1. The van der Waals surface area contributed by atoms with E-state index in [1.165, 1.54) is 42.7 Å². The maximum Gasteiger partial charge on any atom is 0.255 e. The van der Waals surface area contributed by atoms with Gasteiger partial charge in [-0.1, -0.05) is 6.07 Å². The largest absolute Gasteiger partial charge is 0.397 e. The van der Waals surface area contributed by atoms with Gasteiger partial charge in [0, 0.05) is 18.0 Å². The first-order valence-electron chi connectivity index (χ1n) is 4.94. The molecule has 1 amide bonds. The fourth-order valence-electron chi connectivity index (χ4n) is 1.36. The first-order valence-corrected chi connectivity index (χ1v) is 4.94. The van der Waals surface area contributed by atoms with Crippen LogP contribution in [0.2, 0.25) is 0 Å². The van der Waals surface area contributed by atoms with Crippen molar-refractivity contribution in [2.45, 2.75) is 0 Å². The quantitative estimate of drug-likeness (QED) is 0.777. The lowest BCUT2D eigenvalue weighted by Gasteiger charge is -2.08. The summed E-state index contributed by atoms with van der Waals surface area (Å²) in [6.07, 6.45) is 2.97. The van der Waals surface area contributed by atoms with Crippen molar-refractivity contribution in [2.75, 3.05) is 11.1 Å². The Bertz CT molecular complexity index is 522. The van der Waals surface area contributed by atoms with Crippen molar-refractivity contribution in [1.82, 2.24) is 4.98 Å². The predicted octanol–water partition coefficient (Wildman–Crippen LogP) is 2.06. The zero-order valence-electron chi connectivity index (χ0n) is 8.85. The lowest BCUT2D eigenvalue weighted by molar-refractivity contribution is 0.102. The summed E-state index contributed by atoms with van der Waals surface area (Å²) in [4.78, 5) is 15.5. The number of rotatable bonds is 2. The zero-order chi connectivity index (χ0) is 12.3. The van der Waals surface area contributed by atoms with Gasteiger partial charge in [0.2, 0.25) is 0 Å². The maximum atomic E-state index is 13.4. The number of carbonyl (C=O) groups excluding carboxylic acids is 1. The number of nitrogen functional groups attached to an aromatic ring is 1. The number of nitrogens with zero attached hydrogens (tertiary/aromatic N) is 1. The summed E-state index contributed by atoms with van der Waals surface area (Å²) in [6, 6.07) is 7.30. The Labute approximate surface area is 97.3 Å². The van der Waals surface area contributed by atoms with Gasteiger partial charge in [-0.05, 0) is 24.3 Å². The molecule has 0 aliphatic rings. The van der Waals surface area contributed by atoms with Crippen LogP contribution in [0.15, 0.2) is 42.7 Å². The number of hydrogen-bond donors (Lipinski definition) is 2. The molecule has 0 unspecified atom stereocenters. The summed E-state index contributed by atoms with van der Waals surface area (Å²) < 4.78 is 13.4. The van der Waals surface area contributed by atoms with Gasteiger partial charge in [-0.25, -0.2) is 4.39 Å². The minimum atomic E-state index is -0.563. The van der Waals surface area contributed by atoms with Crippen molar-refractivity contribution in [2.24, 2.45) is 0 Å². The van der Waals surface area contributed by atoms with E-state index in [-0.39, 0.29) is 11.4 Å². The summed E-state index contributed by atoms with van der Waals surface area (Å²) in [5, 5.41) is 2.43. The number of benzene rings is 1. The van der Waals surface area contributed by atoms with Gasteiger partial charge in [-0.3, -0.25) is 9.78 Å². The third-order valence-electron chi connectivity index (χ3n) is 2.23. The summed E-state index contributed by atoms with van der Waals surface area (Å²) >= 11 is 0. The molecule has 4 nitrogen and oxygen atoms in total. The molecule has 1 aromatic heterocycles. The van der Waals surface area contributed by atoms with E-state index in [9.17, 15) is 9.18 Å². The number of aromatic nitrogens is 1. The Balaban J connectivity index is 2.25. The van der Waals surface area contributed by atoms with E-state index in [2.05, 4.69) is 10.3 Å². The number of hydrogen-bond acceptors (Lipinski definition) is 3. The number of amides is 1. The first kappa shape index (κ1) is 11.1. The fourth-order valence-corrected chi connectivity index (χ4v) is 1.36. The molecule has 2 aromatic rings. The van der Waals surface area contributed by atoms with Crippen LogP contribution < -0.4 is 11.1 Å². The van der Waals surface area contributed by atoms with Crippen LogP contribution in [0.4, 0.5) is 15.8 Å². The number of pyridine rings is 1. The highest BCUT2D eigenvalue weighted by atomic mass is 19.1. The second kappa shape index (κ2) is 4.61. The van der Waals surface area contributed by atoms with Crippen LogP contribution in [0, 0.1) is 5.82 Å². The average Bonchev–Trinajstić information content (AvgIpc) is 2.35. The molecule has 5 heteroatoms. The smallest absolute Gasteiger partial charge is 0.255 e. The molecule has 0 aliphatic carbocycles. The van der Waals surface area contributed by atoms with Gasteiger partial charge in [-0.2, -0.15) is 0 Å². The van der Waals surface area contributed by atoms with Gasteiger partial charge < -0.3 is 11.1 Å². The second-order valence-corrected chi connectivity index (χ2v) is 3.39. The van der Waals surface area contributed by atoms with E-state index in [4.69, 9.17) is 5.73 Å². The highest BCUT2D eigenvalue weighted by Crippen LogP contribution is 2.22. The van der Waals surface area contributed by atoms with Gasteiger partial charge in [0.1, 0.15) is 11.5 Å². The van der Waals surface area contributed by atoms with Gasteiger partial charge in [0.25, 0.3) is 5.91 Å². The lowest BCUT2D eigenvalue weighted by Crippen LogP contribution is -2.14. The van der Waals surface area contributed by atoms with Crippen molar-refractivity contribution in [3.63, 3.8) is 0 Å². The highest BCUT2D eigenvalue weighted by Gasteiger charge is 2.11. The van der Waals surface area contributed by atoms with E-state index in [0.717, 1.165) is 0 Å². The fraction of sp³-hybridized carbons (Fsp3) is 0. The number of anilines is 2. The molecule has 1 heterocycles. The predicted molar refractivity (Wildman–Crippen MR) is 63.0 cm³/mol. The van der Waals surface area contributed by atoms with E-state index >= 15 is 0 Å². The Morgan fingerprint density at radius 1 is 1.24 bits per heavy atom. The van der Waals surface area contributed by atoms with Crippen molar-refractivity contribution in [3.05, 3.63) is 54.1 Å². The summed E-state index contributed by atoms with van der Waals surface area (Å²) in [5.74, 6) is -0.989. The topological polar surface area (TPSA) is 68.0 Å². The van der Waals surface area contributed by atoms with E-state index in [1.807, 2.05) is 0 Å². The lowest BCUT2D eigenvalue weighted by atomic mass is 10.2. The van der Waals surface area contributed by atoms with E-state index in [1.54, 1.807) is 0 Å². The third-order valence-corrected chi connectivity index (χ3v) is 2.23. The molecule has 0 bridgehead atoms. The molecule has 0 aliphatic heterocycles. The molecule has 1 aromatic carbocycles. The number of nitrogens with one attached hydrogen (secondary N) is 1.